The average molecular weight is 272 g/mol. The molecule has 104 valence electrons. The van der Waals surface area contributed by atoms with Crippen LogP contribution in [0, 0.1) is 5.92 Å². The van der Waals surface area contributed by atoms with E-state index in [1.165, 1.54) is 0 Å². The number of carbonyl (C=O) groups is 1. The first-order valence-corrected chi connectivity index (χ1v) is 8.02. The second kappa shape index (κ2) is 5.51. The molecule has 3 atom stereocenters. The second-order valence-electron chi connectivity index (χ2n) is 5.68. The molecule has 0 amide bonds. The number of thioether (sulfide) groups is 1. The largest absolute Gasteiger partial charge is 0.374 e. The smallest absolute Gasteiger partial charge is 0.167 e. The Morgan fingerprint density at radius 3 is 2.94 bits per heavy atom. The molecule has 2 heterocycles. The minimum Gasteiger partial charge on any atom is -0.374 e. The lowest BCUT2D eigenvalue weighted by molar-refractivity contribution is -0.153. The Bertz CT molecular complexity index is 306. The number of ketones is 1. The van der Waals surface area contributed by atoms with Crippen LogP contribution in [0.15, 0.2) is 0 Å². The molecule has 0 saturated carbocycles. The van der Waals surface area contributed by atoms with Crippen molar-refractivity contribution in [3.63, 3.8) is 0 Å². The zero-order chi connectivity index (χ0) is 13.2. The number of hydrogen-bond acceptors (Lipinski definition) is 4. The monoisotopic (exact) mass is 272 g/mol. The van der Waals surface area contributed by atoms with E-state index in [0.717, 1.165) is 43.8 Å². The molecule has 0 aromatic rings. The molecule has 0 bridgehead atoms. The summed E-state index contributed by atoms with van der Waals surface area (Å²) in [5.41, 5.74) is -0.638. The van der Waals surface area contributed by atoms with Gasteiger partial charge in [0.05, 0.1) is 5.60 Å². The third-order valence-corrected chi connectivity index (χ3v) is 5.80. The summed E-state index contributed by atoms with van der Waals surface area (Å²) in [5, 5.41) is 0. The molecular formula is C14H24O3S. The van der Waals surface area contributed by atoms with Gasteiger partial charge < -0.3 is 9.47 Å². The fourth-order valence-electron chi connectivity index (χ4n) is 2.97. The van der Waals surface area contributed by atoms with Crippen molar-refractivity contribution in [2.24, 2.45) is 5.92 Å². The molecule has 2 aliphatic rings. The van der Waals surface area contributed by atoms with E-state index in [2.05, 4.69) is 0 Å². The predicted molar refractivity (Wildman–Crippen MR) is 74.1 cm³/mol. The Morgan fingerprint density at radius 1 is 1.61 bits per heavy atom. The van der Waals surface area contributed by atoms with Crippen molar-refractivity contribution in [3.8, 4) is 0 Å². The fraction of sp³-hybridized carbons (Fsp3) is 0.929. The molecule has 18 heavy (non-hydrogen) atoms. The van der Waals surface area contributed by atoms with Crippen LogP contribution in [0.5, 0.6) is 0 Å². The summed E-state index contributed by atoms with van der Waals surface area (Å²) in [4.78, 5) is 12.6. The van der Waals surface area contributed by atoms with E-state index in [9.17, 15) is 4.79 Å². The molecule has 0 radical (unpaired) electrons. The maximum absolute atomic E-state index is 12.6. The first-order valence-electron chi connectivity index (χ1n) is 6.86. The summed E-state index contributed by atoms with van der Waals surface area (Å²) in [7, 11) is 1.64. The van der Waals surface area contributed by atoms with Gasteiger partial charge in [-0.3, -0.25) is 4.79 Å². The first kappa shape index (κ1) is 14.4. The number of rotatable bonds is 4. The van der Waals surface area contributed by atoms with Crippen LogP contribution in [0.4, 0.5) is 0 Å². The van der Waals surface area contributed by atoms with Gasteiger partial charge in [-0.15, -0.1) is 0 Å². The number of carbonyl (C=O) groups excluding carboxylic acids is 1. The lowest BCUT2D eigenvalue weighted by atomic mass is 9.77. The molecule has 1 spiro atoms. The number of Topliss-reactive ketones (excluding diaryl/α,β-unsaturated/α-hetero) is 1. The van der Waals surface area contributed by atoms with Crippen LogP contribution in [-0.2, 0) is 14.3 Å². The Labute approximate surface area is 114 Å². The molecule has 3 unspecified atom stereocenters. The van der Waals surface area contributed by atoms with Crippen LogP contribution in [-0.4, -0.2) is 42.2 Å². The van der Waals surface area contributed by atoms with Gasteiger partial charge in [0.25, 0.3) is 0 Å². The van der Waals surface area contributed by atoms with E-state index in [4.69, 9.17) is 9.47 Å². The molecule has 0 N–H and O–H groups in total. The summed E-state index contributed by atoms with van der Waals surface area (Å²) < 4.78 is 11.4. The summed E-state index contributed by atoms with van der Waals surface area (Å²) in [6.07, 6.45) is 3.57. The zero-order valence-electron chi connectivity index (χ0n) is 11.7. The van der Waals surface area contributed by atoms with Crippen LogP contribution in [0.25, 0.3) is 0 Å². The Balaban J connectivity index is 2.06. The topological polar surface area (TPSA) is 35.5 Å². The van der Waals surface area contributed by atoms with Crippen molar-refractivity contribution < 1.29 is 14.3 Å². The van der Waals surface area contributed by atoms with Crippen molar-refractivity contribution in [1.82, 2.24) is 0 Å². The van der Waals surface area contributed by atoms with Gasteiger partial charge >= 0.3 is 0 Å². The quantitative estimate of drug-likeness (QED) is 0.788. The molecule has 4 heteroatoms. The van der Waals surface area contributed by atoms with E-state index < -0.39 is 5.60 Å². The van der Waals surface area contributed by atoms with Gasteiger partial charge in [0, 0.05) is 25.4 Å². The maximum atomic E-state index is 12.6. The summed E-state index contributed by atoms with van der Waals surface area (Å²) >= 11 is 1.94. The van der Waals surface area contributed by atoms with Crippen molar-refractivity contribution in [2.45, 2.75) is 50.7 Å². The highest BCUT2D eigenvalue weighted by Crippen LogP contribution is 2.41. The van der Waals surface area contributed by atoms with E-state index in [1.54, 1.807) is 7.11 Å². The maximum Gasteiger partial charge on any atom is 0.167 e. The SMILES string of the molecule is CCC(C)(OC)C(=O)C1CCOC2(CCSC2)C1. The van der Waals surface area contributed by atoms with Gasteiger partial charge in [-0.1, -0.05) is 6.92 Å². The average Bonchev–Trinajstić information content (AvgIpc) is 2.85. The molecule has 2 aliphatic heterocycles. The molecule has 0 aliphatic carbocycles. The summed E-state index contributed by atoms with van der Waals surface area (Å²) in [5.74, 6) is 2.59. The van der Waals surface area contributed by atoms with Gasteiger partial charge in [-0.2, -0.15) is 11.8 Å². The normalized spacial score (nSPS) is 35.6. The van der Waals surface area contributed by atoms with Crippen LogP contribution in [0.1, 0.15) is 39.5 Å². The highest BCUT2D eigenvalue weighted by Gasteiger charge is 2.46. The van der Waals surface area contributed by atoms with Crippen LogP contribution < -0.4 is 0 Å². The highest BCUT2D eigenvalue weighted by atomic mass is 32.2. The van der Waals surface area contributed by atoms with Crippen LogP contribution in [0.2, 0.25) is 0 Å². The molecule has 2 rings (SSSR count). The van der Waals surface area contributed by atoms with Crippen molar-refractivity contribution in [1.29, 1.82) is 0 Å². The number of ether oxygens (including phenoxy) is 2. The Morgan fingerprint density at radius 2 is 2.39 bits per heavy atom. The minimum atomic E-state index is -0.616. The van der Waals surface area contributed by atoms with Gasteiger partial charge in [0.2, 0.25) is 0 Å². The fourth-order valence-corrected chi connectivity index (χ4v) is 4.34. The van der Waals surface area contributed by atoms with E-state index >= 15 is 0 Å². The third-order valence-electron chi connectivity index (χ3n) is 4.58. The molecule has 2 saturated heterocycles. The number of methoxy groups -OCH3 is 1. The predicted octanol–water partition coefficient (Wildman–Crippen LogP) is 2.67. The molecular weight excluding hydrogens is 248 g/mol. The third kappa shape index (κ3) is 2.61. The van der Waals surface area contributed by atoms with Crippen molar-refractivity contribution in [2.75, 3.05) is 25.2 Å². The van der Waals surface area contributed by atoms with E-state index in [1.807, 2.05) is 25.6 Å². The molecule has 0 aromatic heterocycles. The van der Waals surface area contributed by atoms with Gasteiger partial charge in [0.1, 0.15) is 5.60 Å². The van der Waals surface area contributed by atoms with Gasteiger partial charge in [0.15, 0.2) is 5.78 Å². The standard InChI is InChI=1S/C14H24O3S/c1-4-13(2,16-3)12(15)11-5-7-17-14(9-11)6-8-18-10-14/h11H,4-10H2,1-3H3. The van der Waals surface area contributed by atoms with Crippen LogP contribution >= 0.6 is 11.8 Å². The molecule has 0 aromatic carbocycles. The van der Waals surface area contributed by atoms with Crippen molar-refractivity contribution >= 4 is 17.5 Å². The van der Waals surface area contributed by atoms with Gasteiger partial charge in [-0.05, 0) is 38.4 Å². The van der Waals surface area contributed by atoms with E-state index in [-0.39, 0.29) is 17.3 Å². The highest BCUT2D eigenvalue weighted by molar-refractivity contribution is 7.99. The zero-order valence-corrected chi connectivity index (χ0v) is 12.5. The second-order valence-corrected chi connectivity index (χ2v) is 6.78. The summed E-state index contributed by atoms with van der Waals surface area (Å²) in [6, 6.07) is 0. The Hall–Kier alpha value is -0.0600. The Kier molecular flexibility index (Phi) is 4.40. The lowest BCUT2D eigenvalue weighted by Crippen LogP contribution is -2.48. The molecule has 2 fully saturated rings. The summed E-state index contributed by atoms with van der Waals surface area (Å²) in [6.45, 7) is 4.66. The van der Waals surface area contributed by atoms with E-state index in [0.29, 0.717) is 0 Å². The van der Waals surface area contributed by atoms with Crippen molar-refractivity contribution in [3.05, 3.63) is 0 Å². The lowest BCUT2D eigenvalue weighted by Gasteiger charge is -2.39. The van der Waals surface area contributed by atoms with Crippen LogP contribution in [0.3, 0.4) is 0 Å². The minimum absolute atomic E-state index is 0.0222. The molecule has 3 nitrogen and oxygen atoms in total. The van der Waals surface area contributed by atoms with Gasteiger partial charge in [-0.25, -0.2) is 0 Å². The first-order chi connectivity index (χ1) is 8.55. The number of hydrogen-bond donors (Lipinski definition) is 0.